The molecule has 0 spiro atoms. The number of ether oxygens (including phenoxy) is 1. The van der Waals surface area contributed by atoms with Gasteiger partial charge in [0.1, 0.15) is 5.60 Å². The Morgan fingerprint density at radius 3 is 2.89 bits per heavy atom. The summed E-state index contributed by atoms with van der Waals surface area (Å²) in [5.74, 6) is 5.97. The Morgan fingerprint density at radius 2 is 2.26 bits per heavy atom. The van der Waals surface area contributed by atoms with Gasteiger partial charge in [-0.05, 0) is 32.9 Å². The van der Waals surface area contributed by atoms with Crippen LogP contribution in [0, 0.1) is 11.8 Å². The molecule has 0 aliphatic heterocycles. The molecule has 1 amide bonds. The Balaban J connectivity index is 2.79. The van der Waals surface area contributed by atoms with E-state index in [0.717, 1.165) is 0 Å². The van der Waals surface area contributed by atoms with Crippen molar-refractivity contribution in [1.82, 2.24) is 4.98 Å². The number of aliphatic hydroxyl groups excluding tert-OH is 1. The number of nitrogens with zero attached hydrogens (tertiary/aromatic N) is 1. The maximum atomic E-state index is 11.6. The van der Waals surface area contributed by atoms with Crippen molar-refractivity contribution in [2.75, 3.05) is 11.9 Å². The van der Waals surface area contributed by atoms with Gasteiger partial charge in [0.25, 0.3) is 0 Å². The lowest BCUT2D eigenvalue weighted by Gasteiger charge is -2.19. The van der Waals surface area contributed by atoms with Gasteiger partial charge in [-0.25, -0.2) is 9.78 Å². The van der Waals surface area contributed by atoms with E-state index >= 15 is 0 Å². The van der Waals surface area contributed by atoms with Crippen LogP contribution in [0.3, 0.4) is 0 Å². The number of hydrogen-bond acceptors (Lipinski definition) is 4. The Labute approximate surface area is 113 Å². The summed E-state index contributed by atoms with van der Waals surface area (Å²) in [5, 5.41) is 11.2. The molecule has 0 radical (unpaired) electrons. The van der Waals surface area contributed by atoms with E-state index in [1.54, 1.807) is 39.1 Å². The predicted molar refractivity (Wildman–Crippen MR) is 72.7 cm³/mol. The van der Waals surface area contributed by atoms with E-state index in [0.29, 0.717) is 17.8 Å². The number of pyridine rings is 1. The van der Waals surface area contributed by atoms with Gasteiger partial charge in [-0.2, -0.15) is 0 Å². The van der Waals surface area contributed by atoms with Gasteiger partial charge in [0.15, 0.2) is 5.82 Å². The third-order valence-electron chi connectivity index (χ3n) is 1.89. The standard InChI is InChI=1S/C14H18N2O3/c1-14(2,3)19-13(18)16-12-11(7-4-5-10-17)8-6-9-15-12/h6,8-9,17H,5,10H2,1-3H3,(H,15,16,18). The van der Waals surface area contributed by atoms with E-state index in [1.807, 2.05) is 0 Å². The van der Waals surface area contributed by atoms with Gasteiger partial charge in [0.2, 0.25) is 0 Å². The first-order valence-electron chi connectivity index (χ1n) is 5.97. The molecule has 1 heterocycles. The van der Waals surface area contributed by atoms with E-state index in [4.69, 9.17) is 9.84 Å². The summed E-state index contributed by atoms with van der Waals surface area (Å²) in [5.41, 5.74) is 0.0171. The summed E-state index contributed by atoms with van der Waals surface area (Å²) in [4.78, 5) is 15.7. The van der Waals surface area contributed by atoms with Crippen molar-refractivity contribution in [2.45, 2.75) is 32.8 Å². The van der Waals surface area contributed by atoms with Crippen molar-refractivity contribution in [3.63, 3.8) is 0 Å². The normalized spacial score (nSPS) is 10.3. The molecular formula is C14H18N2O3. The van der Waals surface area contributed by atoms with Gasteiger partial charge in [-0.3, -0.25) is 5.32 Å². The number of carbonyl (C=O) groups excluding carboxylic acids is 1. The van der Waals surface area contributed by atoms with Crippen LogP contribution < -0.4 is 5.32 Å². The molecule has 5 heteroatoms. The Hall–Kier alpha value is -2.06. The van der Waals surface area contributed by atoms with Crippen molar-refractivity contribution in [3.8, 4) is 11.8 Å². The molecular weight excluding hydrogens is 244 g/mol. The highest BCUT2D eigenvalue weighted by Gasteiger charge is 2.17. The predicted octanol–water partition coefficient (Wildman–Crippen LogP) is 2.16. The zero-order valence-corrected chi connectivity index (χ0v) is 11.4. The summed E-state index contributed by atoms with van der Waals surface area (Å²) in [7, 11) is 0. The molecule has 2 N–H and O–H groups in total. The van der Waals surface area contributed by atoms with E-state index in [2.05, 4.69) is 22.1 Å². The smallest absolute Gasteiger partial charge is 0.413 e. The second-order valence-corrected chi connectivity index (χ2v) is 4.80. The van der Waals surface area contributed by atoms with Crippen LogP contribution in [0.5, 0.6) is 0 Å². The van der Waals surface area contributed by atoms with E-state index < -0.39 is 11.7 Å². The fourth-order valence-corrected chi connectivity index (χ4v) is 1.22. The molecule has 19 heavy (non-hydrogen) atoms. The maximum absolute atomic E-state index is 11.6. The molecule has 0 unspecified atom stereocenters. The van der Waals surface area contributed by atoms with Crippen LogP contribution in [-0.4, -0.2) is 28.4 Å². The van der Waals surface area contributed by atoms with Gasteiger partial charge in [-0.15, -0.1) is 0 Å². The largest absolute Gasteiger partial charge is 0.444 e. The zero-order valence-electron chi connectivity index (χ0n) is 11.4. The molecule has 1 aromatic rings. The molecule has 0 fully saturated rings. The lowest BCUT2D eigenvalue weighted by Crippen LogP contribution is -2.27. The first kappa shape index (κ1) is 15.0. The average Bonchev–Trinajstić information content (AvgIpc) is 2.29. The number of carbonyl (C=O) groups is 1. The van der Waals surface area contributed by atoms with Crippen LogP contribution in [0.2, 0.25) is 0 Å². The van der Waals surface area contributed by atoms with Gasteiger partial charge < -0.3 is 9.84 Å². The average molecular weight is 262 g/mol. The van der Waals surface area contributed by atoms with Crippen LogP contribution in [0.4, 0.5) is 10.6 Å². The van der Waals surface area contributed by atoms with Crippen LogP contribution in [0.1, 0.15) is 32.8 Å². The number of aliphatic hydroxyl groups is 1. The molecule has 1 aromatic heterocycles. The van der Waals surface area contributed by atoms with Crippen LogP contribution in [0.15, 0.2) is 18.3 Å². The van der Waals surface area contributed by atoms with Crippen LogP contribution in [0.25, 0.3) is 0 Å². The Morgan fingerprint density at radius 1 is 1.53 bits per heavy atom. The maximum Gasteiger partial charge on any atom is 0.413 e. The fourth-order valence-electron chi connectivity index (χ4n) is 1.22. The SMILES string of the molecule is CC(C)(C)OC(=O)Nc1ncccc1C#CCCO. The number of rotatable bonds is 2. The minimum absolute atomic E-state index is 0.00207. The minimum atomic E-state index is -0.573. The quantitative estimate of drug-likeness (QED) is 0.801. The van der Waals surface area contributed by atoms with Gasteiger partial charge in [-0.1, -0.05) is 11.8 Å². The molecule has 1 rings (SSSR count). The molecule has 102 valence electrons. The molecule has 5 nitrogen and oxygen atoms in total. The highest BCUT2D eigenvalue weighted by atomic mass is 16.6. The second-order valence-electron chi connectivity index (χ2n) is 4.80. The molecule has 0 bridgehead atoms. The molecule has 0 saturated heterocycles. The number of nitrogens with one attached hydrogen (secondary N) is 1. The zero-order chi connectivity index (χ0) is 14.3. The number of amides is 1. The monoisotopic (exact) mass is 262 g/mol. The topological polar surface area (TPSA) is 71.5 Å². The Kier molecular flexibility index (Phi) is 5.34. The summed E-state index contributed by atoms with van der Waals surface area (Å²) in [6, 6.07) is 3.47. The number of anilines is 1. The number of hydrogen-bond donors (Lipinski definition) is 2. The molecule has 0 aromatic carbocycles. The fraction of sp³-hybridized carbons (Fsp3) is 0.429. The van der Waals surface area contributed by atoms with Crippen molar-refractivity contribution in [3.05, 3.63) is 23.9 Å². The van der Waals surface area contributed by atoms with Gasteiger partial charge in [0.05, 0.1) is 12.2 Å². The second kappa shape index (κ2) is 6.76. The first-order chi connectivity index (χ1) is 8.92. The van der Waals surface area contributed by atoms with Crippen LogP contribution >= 0.6 is 0 Å². The first-order valence-corrected chi connectivity index (χ1v) is 5.97. The Bertz CT molecular complexity index is 495. The molecule has 0 atom stereocenters. The van der Waals surface area contributed by atoms with E-state index in [1.165, 1.54) is 0 Å². The summed E-state index contributed by atoms with van der Waals surface area (Å²) >= 11 is 0. The van der Waals surface area contributed by atoms with E-state index in [-0.39, 0.29) is 6.61 Å². The van der Waals surface area contributed by atoms with Crippen molar-refractivity contribution >= 4 is 11.9 Å². The third kappa shape index (κ3) is 5.89. The van der Waals surface area contributed by atoms with Gasteiger partial charge in [0, 0.05) is 12.6 Å². The van der Waals surface area contributed by atoms with Crippen LogP contribution in [-0.2, 0) is 4.74 Å². The van der Waals surface area contributed by atoms with Gasteiger partial charge >= 0.3 is 6.09 Å². The number of aromatic nitrogens is 1. The molecule has 0 aliphatic carbocycles. The lowest BCUT2D eigenvalue weighted by molar-refractivity contribution is 0.0635. The highest BCUT2D eigenvalue weighted by Crippen LogP contribution is 2.13. The highest BCUT2D eigenvalue weighted by molar-refractivity contribution is 5.85. The minimum Gasteiger partial charge on any atom is -0.444 e. The summed E-state index contributed by atoms with van der Waals surface area (Å²) < 4.78 is 5.14. The van der Waals surface area contributed by atoms with Crippen molar-refractivity contribution in [2.24, 2.45) is 0 Å². The van der Waals surface area contributed by atoms with Crippen molar-refractivity contribution < 1.29 is 14.6 Å². The molecule has 0 aliphatic rings. The third-order valence-corrected chi connectivity index (χ3v) is 1.89. The van der Waals surface area contributed by atoms with Crippen molar-refractivity contribution in [1.29, 1.82) is 0 Å². The summed E-state index contributed by atoms with van der Waals surface area (Å²) in [6.07, 6.45) is 1.36. The van der Waals surface area contributed by atoms with E-state index in [9.17, 15) is 4.79 Å². The summed E-state index contributed by atoms with van der Waals surface area (Å²) in [6.45, 7) is 5.36. The molecule has 0 saturated carbocycles. The lowest BCUT2D eigenvalue weighted by atomic mass is 10.2.